The van der Waals surface area contributed by atoms with Crippen LogP contribution in [0.3, 0.4) is 0 Å². The molecule has 0 aromatic heterocycles. The van der Waals surface area contributed by atoms with E-state index in [1.54, 1.807) is 6.08 Å². The van der Waals surface area contributed by atoms with Gasteiger partial charge in [-0.2, -0.15) is 0 Å². The van der Waals surface area contributed by atoms with Crippen molar-refractivity contribution >= 4 is 11.6 Å². The molecule has 0 bridgehead atoms. The summed E-state index contributed by atoms with van der Waals surface area (Å²) in [7, 11) is 0. The predicted octanol–water partition coefficient (Wildman–Crippen LogP) is 4.35. The van der Waals surface area contributed by atoms with Crippen molar-refractivity contribution in [1.29, 1.82) is 0 Å². The van der Waals surface area contributed by atoms with Gasteiger partial charge in [0.05, 0.1) is 0 Å². The molecule has 0 aromatic rings. The molecule has 0 unspecified atom stereocenters. The first-order valence-electron chi connectivity index (χ1n) is 5.63. The molecule has 0 saturated heterocycles. The van der Waals surface area contributed by atoms with Crippen molar-refractivity contribution in [3.8, 4) is 11.8 Å². The molecule has 0 aliphatic heterocycles. The van der Waals surface area contributed by atoms with Gasteiger partial charge in [-0.1, -0.05) is 43.2 Å². The molecular formula is C13H19Cl. The van der Waals surface area contributed by atoms with Crippen LogP contribution < -0.4 is 0 Å². The molecule has 1 saturated carbocycles. The van der Waals surface area contributed by atoms with Gasteiger partial charge in [0.2, 0.25) is 0 Å². The van der Waals surface area contributed by atoms with Crippen LogP contribution in [0.15, 0.2) is 11.6 Å². The lowest BCUT2D eigenvalue weighted by Crippen LogP contribution is -2.12. The molecule has 14 heavy (non-hydrogen) atoms. The lowest BCUT2D eigenvalue weighted by atomic mass is 9.80. The number of rotatable bonds is 2. The Hall–Kier alpha value is -0.410. The van der Waals surface area contributed by atoms with Crippen molar-refractivity contribution in [1.82, 2.24) is 0 Å². The second-order valence-electron chi connectivity index (χ2n) is 4.09. The Morgan fingerprint density at radius 1 is 1.29 bits per heavy atom. The van der Waals surface area contributed by atoms with Gasteiger partial charge in [0.25, 0.3) is 0 Å². The van der Waals surface area contributed by atoms with Gasteiger partial charge in [0.15, 0.2) is 0 Å². The first-order chi connectivity index (χ1) is 6.86. The van der Waals surface area contributed by atoms with Crippen LogP contribution in [-0.2, 0) is 0 Å². The first-order valence-corrected chi connectivity index (χ1v) is 6.06. The Bertz CT molecular complexity index is 223. The van der Waals surface area contributed by atoms with E-state index in [4.69, 9.17) is 11.6 Å². The fraction of sp³-hybridized carbons (Fsp3) is 0.692. The fourth-order valence-corrected chi connectivity index (χ4v) is 2.26. The summed E-state index contributed by atoms with van der Waals surface area (Å²) in [6.45, 7) is 2.27. The predicted molar refractivity (Wildman–Crippen MR) is 63.1 cm³/mol. The van der Waals surface area contributed by atoms with Crippen LogP contribution in [0.4, 0.5) is 0 Å². The maximum absolute atomic E-state index is 5.40. The number of halogens is 1. The van der Waals surface area contributed by atoms with Crippen molar-refractivity contribution in [3.05, 3.63) is 11.6 Å². The van der Waals surface area contributed by atoms with Crippen molar-refractivity contribution in [2.45, 2.75) is 45.4 Å². The summed E-state index contributed by atoms with van der Waals surface area (Å²) in [5.74, 6) is 7.85. The summed E-state index contributed by atoms with van der Waals surface area (Å²) < 4.78 is 0. The molecule has 1 heteroatoms. The molecule has 0 nitrogen and oxygen atoms in total. The molecule has 1 aliphatic carbocycles. The Labute approximate surface area is 92.7 Å². The second kappa shape index (κ2) is 6.96. The van der Waals surface area contributed by atoms with E-state index in [-0.39, 0.29) is 0 Å². The van der Waals surface area contributed by atoms with E-state index < -0.39 is 0 Å². The molecule has 0 N–H and O–H groups in total. The summed E-state index contributed by atoms with van der Waals surface area (Å²) in [5, 5.41) is 0. The maximum atomic E-state index is 5.40. The minimum absolute atomic E-state index is 0.621. The fourth-order valence-electron chi connectivity index (χ4n) is 2.20. The first kappa shape index (κ1) is 11.7. The summed E-state index contributed by atoms with van der Waals surface area (Å²) in [4.78, 5) is 0. The Kier molecular flexibility index (Phi) is 5.80. The lowest BCUT2D eigenvalue weighted by Gasteiger charge is -2.25. The molecule has 0 amide bonds. The number of allylic oxidation sites excluding steroid dienone is 1. The van der Waals surface area contributed by atoms with Gasteiger partial charge in [0, 0.05) is 11.5 Å². The minimum Gasteiger partial charge on any atom is -0.0951 e. The van der Waals surface area contributed by atoms with Crippen molar-refractivity contribution in [2.75, 3.05) is 0 Å². The Morgan fingerprint density at radius 3 is 2.57 bits per heavy atom. The Morgan fingerprint density at radius 2 is 2.00 bits per heavy atom. The van der Waals surface area contributed by atoms with Crippen LogP contribution in [0.1, 0.15) is 45.4 Å². The standard InChI is InChI=1S/C13H19Cl/c1-2-5-12-7-9-13(10-8-12)6-3-4-11-14/h4,11-13H,2,5,7-10H2,1H3. The highest BCUT2D eigenvalue weighted by atomic mass is 35.5. The molecule has 0 aromatic carbocycles. The van der Waals surface area contributed by atoms with Gasteiger partial charge in [-0.3, -0.25) is 0 Å². The van der Waals surface area contributed by atoms with Crippen LogP contribution in [-0.4, -0.2) is 0 Å². The third-order valence-corrected chi connectivity index (χ3v) is 3.10. The number of hydrogen-bond acceptors (Lipinski definition) is 0. The molecule has 1 aliphatic rings. The smallest absolute Gasteiger partial charge is 0.0206 e. The van der Waals surface area contributed by atoms with Crippen LogP contribution in [0.2, 0.25) is 0 Å². The highest BCUT2D eigenvalue weighted by molar-refractivity contribution is 6.25. The van der Waals surface area contributed by atoms with Gasteiger partial charge in [-0.25, -0.2) is 0 Å². The van der Waals surface area contributed by atoms with Crippen LogP contribution in [0.25, 0.3) is 0 Å². The largest absolute Gasteiger partial charge is 0.0951 e. The molecule has 0 radical (unpaired) electrons. The van der Waals surface area contributed by atoms with Crippen LogP contribution >= 0.6 is 11.6 Å². The van der Waals surface area contributed by atoms with E-state index >= 15 is 0 Å². The zero-order valence-electron chi connectivity index (χ0n) is 8.93. The average molecular weight is 211 g/mol. The molecule has 0 heterocycles. The third-order valence-electron chi connectivity index (χ3n) is 2.98. The highest BCUT2D eigenvalue weighted by Gasteiger charge is 2.18. The molecule has 1 rings (SSSR count). The van der Waals surface area contributed by atoms with Crippen molar-refractivity contribution in [2.24, 2.45) is 11.8 Å². The van der Waals surface area contributed by atoms with E-state index in [0.29, 0.717) is 5.92 Å². The van der Waals surface area contributed by atoms with Crippen LogP contribution in [0.5, 0.6) is 0 Å². The quantitative estimate of drug-likeness (QED) is 0.595. The van der Waals surface area contributed by atoms with Gasteiger partial charge < -0.3 is 0 Å². The van der Waals surface area contributed by atoms with E-state index in [1.165, 1.54) is 44.1 Å². The topological polar surface area (TPSA) is 0 Å². The summed E-state index contributed by atoms with van der Waals surface area (Å²) in [5.41, 5.74) is 1.48. The van der Waals surface area contributed by atoms with Gasteiger partial charge >= 0.3 is 0 Å². The van der Waals surface area contributed by atoms with Crippen molar-refractivity contribution in [3.63, 3.8) is 0 Å². The zero-order chi connectivity index (χ0) is 10.2. The summed E-state index contributed by atoms with van der Waals surface area (Å²) >= 11 is 5.40. The normalized spacial score (nSPS) is 27.3. The molecule has 78 valence electrons. The SMILES string of the molecule is CCCC1CCC(C#CC=CCl)CC1. The van der Waals surface area contributed by atoms with Crippen LogP contribution in [0, 0.1) is 23.7 Å². The zero-order valence-corrected chi connectivity index (χ0v) is 9.69. The Balaban J connectivity index is 2.26. The maximum Gasteiger partial charge on any atom is 0.0206 e. The lowest BCUT2D eigenvalue weighted by molar-refractivity contribution is 0.300. The highest BCUT2D eigenvalue weighted by Crippen LogP contribution is 2.30. The minimum atomic E-state index is 0.621. The number of hydrogen-bond donors (Lipinski definition) is 0. The molecule has 0 atom stereocenters. The molecule has 0 spiro atoms. The molecule has 1 fully saturated rings. The van der Waals surface area contributed by atoms with Gasteiger partial charge in [0.1, 0.15) is 0 Å². The van der Waals surface area contributed by atoms with Gasteiger partial charge in [-0.15, -0.1) is 0 Å². The second-order valence-corrected chi connectivity index (χ2v) is 4.34. The van der Waals surface area contributed by atoms with E-state index in [0.717, 1.165) is 5.92 Å². The van der Waals surface area contributed by atoms with Crippen molar-refractivity contribution < 1.29 is 0 Å². The third kappa shape index (κ3) is 4.20. The summed E-state index contributed by atoms with van der Waals surface area (Å²) in [6, 6.07) is 0. The monoisotopic (exact) mass is 210 g/mol. The molecular weight excluding hydrogens is 192 g/mol. The van der Waals surface area contributed by atoms with Gasteiger partial charge in [-0.05, 0) is 37.7 Å². The van der Waals surface area contributed by atoms with E-state index in [9.17, 15) is 0 Å². The average Bonchev–Trinajstić information content (AvgIpc) is 2.21. The van der Waals surface area contributed by atoms with E-state index in [2.05, 4.69) is 18.8 Å². The van der Waals surface area contributed by atoms with E-state index in [1.807, 2.05) is 0 Å². The summed E-state index contributed by atoms with van der Waals surface area (Å²) in [6.07, 6.45) is 9.77.